The molecule has 3 atom stereocenters. The van der Waals surface area contributed by atoms with Crippen LogP contribution in [-0.4, -0.2) is 18.5 Å². The Kier molecular flexibility index (Phi) is 8.22. The van der Waals surface area contributed by atoms with E-state index in [-0.39, 0.29) is 0 Å². The molecule has 2 aliphatic rings. The summed E-state index contributed by atoms with van der Waals surface area (Å²) < 4.78 is 0. The Balaban J connectivity index is 0.000000595. The number of hydrogen-bond donors (Lipinski definition) is 0. The number of benzene rings is 1. The van der Waals surface area contributed by atoms with Crippen molar-refractivity contribution in [2.75, 3.05) is 0 Å². The number of aliphatic imine (C=N–C) groups is 2. The van der Waals surface area contributed by atoms with Crippen molar-refractivity contribution in [2.24, 2.45) is 21.8 Å². The van der Waals surface area contributed by atoms with Gasteiger partial charge in [0, 0.05) is 24.3 Å². The molecule has 0 aromatic heterocycles. The van der Waals surface area contributed by atoms with E-state index < -0.39 is 0 Å². The Bertz CT molecular complexity index is 584. The van der Waals surface area contributed by atoms with E-state index in [1.807, 2.05) is 6.21 Å². The number of allylic oxidation sites excluding steroid dienone is 1. The molecule has 1 aromatic rings. The van der Waals surface area contributed by atoms with Crippen LogP contribution in [0, 0.1) is 11.8 Å². The van der Waals surface area contributed by atoms with Gasteiger partial charge in [0.15, 0.2) is 0 Å². The van der Waals surface area contributed by atoms with Gasteiger partial charge in [-0.2, -0.15) is 0 Å². The minimum absolute atomic E-state index is 0.412. The van der Waals surface area contributed by atoms with E-state index in [2.05, 4.69) is 89.9 Å². The van der Waals surface area contributed by atoms with E-state index in [0.717, 1.165) is 5.69 Å². The standard InChI is InChI=1S/C18H22N2.2BrH.Ni/c1-13(2)16-7-3-4-8-17(16)20-12-15-10-9-14-6-5-11-19-18(14)15;;;/h3-8,11-15,18H,9-10H2,1-2H3;2*1H;/q;;;+2/p-2. The van der Waals surface area contributed by atoms with Gasteiger partial charge < -0.3 is 0 Å². The van der Waals surface area contributed by atoms with Gasteiger partial charge >= 0.3 is 39.3 Å². The van der Waals surface area contributed by atoms with E-state index in [9.17, 15) is 0 Å². The molecule has 2 nitrogen and oxygen atoms in total. The van der Waals surface area contributed by atoms with Crippen molar-refractivity contribution in [2.45, 2.75) is 38.6 Å². The summed E-state index contributed by atoms with van der Waals surface area (Å²) in [4.78, 5) is 9.42. The number of nitrogens with zero attached hydrogens (tertiary/aromatic N) is 2. The molecule has 1 aliphatic carbocycles. The molecule has 1 heterocycles. The third-order valence-electron chi connectivity index (χ3n) is 4.38. The van der Waals surface area contributed by atoms with Crippen LogP contribution in [0.2, 0.25) is 0 Å². The molecule has 0 N–H and O–H groups in total. The van der Waals surface area contributed by atoms with Crippen LogP contribution < -0.4 is 0 Å². The van der Waals surface area contributed by atoms with Crippen molar-refractivity contribution < 1.29 is 10.9 Å². The quantitative estimate of drug-likeness (QED) is 0.358. The second kappa shape index (κ2) is 9.91. The molecule has 1 saturated carbocycles. The van der Waals surface area contributed by atoms with Crippen molar-refractivity contribution in [1.29, 1.82) is 0 Å². The molecule has 0 saturated heterocycles. The predicted molar refractivity (Wildman–Crippen MR) is 104 cm³/mol. The van der Waals surface area contributed by atoms with Crippen molar-refractivity contribution in [3.63, 3.8) is 0 Å². The molecular weight excluding hydrogens is 463 g/mol. The van der Waals surface area contributed by atoms with Crippen molar-refractivity contribution in [1.82, 2.24) is 0 Å². The van der Waals surface area contributed by atoms with Gasteiger partial charge in [-0.15, -0.1) is 0 Å². The fourth-order valence-electron chi connectivity index (χ4n) is 3.25. The van der Waals surface area contributed by atoms with Crippen molar-refractivity contribution >= 4 is 46.6 Å². The third-order valence-corrected chi connectivity index (χ3v) is 4.38. The van der Waals surface area contributed by atoms with E-state index in [4.69, 9.17) is 4.99 Å². The van der Waals surface area contributed by atoms with Crippen LogP contribution in [-0.2, 0) is 10.9 Å². The molecule has 5 heteroatoms. The van der Waals surface area contributed by atoms with Gasteiger partial charge in [-0.3, -0.25) is 9.98 Å². The number of rotatable bonds is 3. The molecule has 0 spiro atoms. The summed E-state index contributed by atoms with van der Waals surface area (Å²) >= 11 is 6.00. The van der Waals surface area contributed by atoms with E-state index in [1.54, 1.807) is 0 Å². The topological polar surface area (TPSA) is 24.7 Å². The van der Waals surface area contributed by atoms with Gasteiger partial charge in [-0.05, 0) is 36.5 Å². The van der Waals surface area contributed by atoms with Gasteiger partial charge in [-0.1, -0.05) is 38.1 Å². The molecule has 1 fully saturated rings. The van der Waals surface area contributed by atoms with Crippen LogP contribution in [0.15, 0.2) is 46.4 Å². The molecule has 128 valence electrons. The molecule has 3 unspecified atom stereocenters. The summed E-state index contributed by atoms with van der Waals surface area (Å²) in [5.41, 5.74) is 2.44. The van der Waals surface area contributed by atoms with Crippen LogP contribution >= 0.6 is 28.5 Å². The summed E-state index contributed by atoms with van der Waals surface area (Å²) in [6.45, 7) is 4.44. The van der Waals surface area contributed by atoms with Crippen LogP contribution in [0.5, 0.6) is 0 Å². The maximum absolute atomic E-state index is 4.78. The maximum atomic E-state index is 4.78. The predicted octanol–water partition coefficient (Wildman–Crippen LogP) is 6.24. The zero-order valence-electron chi connectivity index (χ0n) is 13.3. The molecule has 23 heavy (non-hydrogen) atoms. The van der Waals surface area contributed by atoms with E-state index >= 15 is 0 Å². The average Bonchev–Trinajstić information content (AvgIpc) is 2.97. The minimum atomic E-state index is 0.412. The Morgan fingerprint density at radius 3 is 2.74 bits per heavy atom. The van der Waals surface area contributed by atoms with Crippen LogP contribution in [0.3, 0.4) is 0 Å². The summed E-state index contributed by atoms with van der Waals surface area (Å²) in [5.74, 6) is 1.62. The molecule has 3 rings (SSSR count). The molecule has 0 radical (unpaired) electrons. The van der Waals surface area contributed by atoms with Gasteiger partial charge in [0.2, 0.25) is 0 Å². The number of hydrogen-bond acceptors (Lipinski definition) is 2. The van der Waals surface area contributed by atoms with Crippen molar-refractivity contribution in [3.8, 4) is 0 Å². The number of fused-ring (bicyclic) bond motifs is 1. The number of para-hydroxylation sites is 1. The second-order valence-corrected chi connectivity index (χ2v) is 11.1. The normalized spacial score (nSPS) is 25.7. The Morgan fingerprint density at radius 2 is 2.00 bits per heavy atom. The summed E-state index contributed by atoms with van der Waals surface area (Å²) in [6, 6.07) is 8.86. The van der Waals surface area contributed by atoms with E-state index in [0.29, 0.717) is 23.8 Å². The Labute approximate surface area is 159 Å². The van der Waals surface area contributed by atoms with Gasteiger partial charge in [0.1, 0.15) is 0 Å². The first-order valence-electron chi connectivity index (χ1n) is 7.82. The number of halogens is 2. The zero-order valence-corrected chi connectivity index (χ0v) is 17.5. The van der Waals surface area contributed by atoms with Crippen LogP contribution in [0.1, 0.15) is 38.2 Å². The van der Waals surface area contributed by atoms with Crippen LogP contribution in [0.4, 0.5) is 5.69 Å². The SMILES string of the molecule is CC(C)c1ccccc1N=CC1CCC2C=CC=NC21.[Br][Ni][Br]. The molecule has 1 aliphatic heterocycles. The first-order chi connectivity index (χ1) is 11.2. The van der Waals surface area contributed by atoms with Gasteiger partial charge in [-0.25, -0.2) is 0 Å². The zero-order chi connectivity index (χ0) is 16.7. The van der Waals surface area contributed by atoms with Crippen molar-refractivity contribution in [3.05, 3.63) is 42.0 Å². The molecule has 0 bridgehead atoms. The Morgan fingerprint density at radius 1 is 1.26 bits per heavy atom. The molecular formula is C18H22Br2N2Ni. The summed E-state index contributed by atoms with van der Waals surface area (Å²) in [6.07, 6.45) is 10.9. The number of dihydropyridines is 1. The molecule has 1 aromatic carbocycles. The average molecular weight is 485 g/mol. The van der Waals surface area contributed by atoms with Crippen LogP contribution in [0.25, 0.3) is 0 Å². The summed E-state index contributed by atoms with van der Waals surface area (Å²) in [7, 11) is 1.25. The fourth-order valence-corrected chi connectivity index (χ4v) is 3.25. The van der Waals surface area contributed by atoms with Gasteiger partial charge in [0.25, 0.3) is 0 Å². The molecule has 0 amide bonds. The summed E-state index contributed by atoms with van der Waals surface area (Å²) in [5, 5.41) is 0. The second-order valence-electron chi connectivity index (χ2n) is 6.12. The first kappa shape index (κ1) is 19.1. The first-order valence-corrected chi connectivity index (χ1v) is 12.7. The fraction of sp³-hybridized carbons (Fsp3) is 0.444. The monoisotopic (exact) mass is 482 g/mol. The van der Waals surface area contributed by atoms with Gasteiger partial charge in [0.05, 0.1) is 11.7 Å². The van der Waals surface area contributed by atoms with E-state index in [1.165, 1.54) is 29.3 Å². The Hall–Kier alpha value is -0.246. The third kappa shape index (κ3) is 5.37.